The Kier molecular flexibility index (Phi) is 60.7. The molecule has 0 saturated carbocycles. The highest BCUT2D eigenvalue weighted by atomic mass is 31.2. The number of rotatable bonds is 61. The number of ether oxygens (including phenoxy) is 2. The lowest BCUT2D eigenvalue weighted by molar-refractivity contribution is -0.870. The number of nitrogens with zero attached hydrogens (tertiary/aromatic N) is 1. The zero-order valence-corrected chi connectivity index (χ0v) is 55.4. The lowest BCUT2D eigenvalue weighted by Gasteiger charge is -2.28. The average Bonchev–Trinajstić information content (AvgIpc) is 3.61. The van der Waals surface area contributed by atoms with E-state index in [0.717, 1.165) is 116 Å². The summed E-state index contributed by atoms with van der Waals surface area (Å²) in [5, 5.41) is 0. The van der Waals surface area contributed by atoms with Crippen LogP contribution in [0.2, 0.25) is 0 Å². The van der Waals surface area contributed by atoms with E-state index in [1.165, 1.54) is 122 Å². The van der Waals surface area contributed by atoms with Gasteiger partial charge < -0.3 is 27.9 Å². The molecule has 0 aliphatic heterocycles. The monoisotopic (exact) mass is 1190 g/mol. The molecule has 9 nitrogen and oxygen atoms in total. The Bertz CT molecular complexity index is 1880. The Morgan fingerprint density at radius 2 is 0.643 bits per heavy atom. The van der Waals surface area contributed by atoms with Gasteiger partial charge in [0.15, 0.2) is 6.10 Å². The van der Waals surface area contributed by atoms with Crippen molar-refractivity contribution in [3.05, 3.63) is 134 Å². The van der Waals surface area contributed by atoms with Crippen LogP contribution in [0.1, 0.15) is 271 Å². The predicted molar refractivity (Wildman–Crippen MR) is 360 cm³/mol. The van der Waals surface area contributed by atoms with Crippen LogP contribution in [-0.2, 0) is 32.7 Å². The van der Waals surface area contributed by atoms with Gasteiger partial charge in [-0.15, -0.1) is 0 Å². The molecule has 2 unspecified atom stereocenters. The van der Waals surface area contributed by atoms with E-state index in [-0.39, 0.29) is 32.0 Å². The Labute approximate surface area is 517 Å². The Hall–Kier alpha value is -3.85. The Morgan fingerprint density at radius 1 is 0.369 bits per heavy atom. The highest BCUT2D eigenvalue weighted by Crippen LogP contribution is 2.38. The summed E-state index contributed by atoms with van der Waals surface area (Å²) in [6.45, 7) is 4.01. The van der Waals surface area contributed by atoms with Crippen molar-refractivity contribution >= 4 is 19.8 Å². The average molecular weight is 1190 g/mol. The number of esters is 2. The van der Waals surface area contributed by atoms with Gasteiger partial charge in [0, 0.05) is 12.8 Å². The lowest BCUT2D eigenvalue weighted by Crippen LogP contribution is -2.37. The molecule has 10 heteroatoms. The molecular weight excluding hydrogens is 1060 g/mol. The molecule has 0 heterocycles. The fraction of sp³-hybridized carbons (Fsp3) is 0.676. The Balaban J connectivity index is 4.09. The molecule has 0 aromatic heterocycles. The molecule has 0 amide bonds. The minimum atomic E-state index is -4.65. The number of phosphoric ester groups is 1. The molecule has 0 aliphatic rings. The number of carbonyl (C=O) groups is 2. The topological polar surface area (TPSA) is 111 Å². The standard InChI is InChI=1S/C74H126NO8P/c1-6-8-10-12-14-16-18-20-22-24-26-28-30-32-34-35-36-37-38-39-41-42-44-46-48-50-52-54-56-58-60-62-64-66-73(76)80-70-72(71-82-84(78,79)81-69-68-75(3,4)5)83-74(77)67-65-63-61-59-57-55-53-51-49-47-45-43-40-33-31-29-27-25-23-21-19-17-15-13-11-9-7-2/h8-11,14-17,20-23,26-29,32-34,40,45,47,72H,6-7,12-13,18-19,24-25,30-31,35-39,41-44,46,48-71H2,1-5H3/b10-8-,11-9-,16-14-,17-15-,22-20-,23-21-,28-26-,29-27-,34-32-,40-33-,47-45-. The smallest absolute Gasteiger partial charge is 0.306 e. The van der Waals surface area contributed by atoms with Crippen LogP contribution in [0.3, 0.4) is 0 Å². The van der Waals surface area contributed by atoms with Crippen LogP contribution in [0.25, 0.3) is 0 Å². The number of unbranched alkanes of at least 4 members (excludes halogenated alkanes) is 25. The highest BCUT2D eigenvalue weighted by Gasteiger charge is 2.22. The third kappa shape index (κ3) is 67.3. The number of likely N-dealkylation sites (N-methyl/N-ethyl adjacent to an activating group) is 1. The number of allylic oxidation sites excluding steroid dienone is 22. The molecule has 0 aliphatic carbocycles. The summed E-state index contributed by atoms with van der Waals surface area (Å²) in [7, 11) is 1.15. The van der Waals surface area contributed by atoms with Crippen LogP contribution in [0.15, 0.2) is 134 Å². The number of quaternary nitrogens is 1. The Morgan fingerprint density at radius 3 is 0.952 bits per heavy atom. The third-order valence-electron chi connectivity index (χ3n) is 14.2. The van der Waals surface area contributed by atoms with E-state index < -0.39 is 26.5 Å². The van der Waals surface area contributed by atoms with E-state index in [0.29, 0.717) is 17.4 Å². The summed E-state index contributed by atoms with van der Waals surface area (Å²) in [4.78, 5) is 38.1. The van der Waals surface area contributed by atoms with Crippen molar-refractivity contribution in [3.8, 4) is 0 Å². The molecule has 0 aromatic rings. The zero-order chi connectivity index (χ0) is 61.2. The van der Waals surface area contributed by atoms with Crippen LogP contribution < -0.4 is 4.89 Å². The van der Waals surface area contributed by atoms with Crippen LogP contribution in [0.5, 0.6) is 0 Å². The minimum absolute atomic E-state index is 0.0381. The molecule has 480 valence electrons. The fourth-order valence-electron chi connectivity index (χ4n) is 9.04. The van der Waals surface area contributed by atoms with Gasteiger partial charge in [0.05, 0.1) is 27.7 Å². The van der Waals surface area contributed by atoms with Crippen molar-refractivity contribution in [2.45, 2.75) is 277 Å². The van der Waals surface area contributed by atoms with Gasteiger partial charge in [-0.05, 0) is 109 Å². The highest BCUT2D eigenvalue weighted by molar-refractivity contribution is 7.45. The molecule has 2 atom stereocenters. The number of carbonyl (C=O) groups excluding carboxylic acids is 2. The largest absolute Gasteiger partial charge is 0.756 e. The maximum absolute atomic E-state index is 12.9. The van der Waals surface area contributed by atoms with Crippen LogP contribution >= 0.6 is 7.82 Å². The lowest BCUT2D eigenvalue weighted by atomic mass is 10.0. The first-order valence-electron chi connectivity index (χ1n) is 33.9. The van der Waals surface area contributed by atoms with Gasteiger partial charge in [-0.25, -0.2) is 0 Å². The molecule has 0 aromatic carbocycles. The summed E-state index contributed by atoms with van der Waals surface area (Å²) in [5.41, 5.74) is 0. The zero-order valence-electron chi connectivity index (χ0n) is 54.6. The number of hydrogen-bond donors (Lipinski definition) is 0. The van der Waals surface area contributed by atoms with E-state index >= 15 is 0 Å². The summed E-state index contributed by atoms with van der Waals surface area (Å²) in [5.74, 6) is -0.843. The van der Waals surface area contributed by atoms with Gasteiger partial charge in [0.25, 0.3) is 7.82 Å². The maximum Gasteiger partial charge on any atom is 0.306 e. The van der Waals surface area contributed by atoms with Crippen LogP contribution in [-0.4, -0.2) is 70.0 Å². The van der Waals surface area contributed by atoms with E-state index in [4.69, 9.17) is 18.5 Å². The number of hydrogen-bond acceptors (Lipinski definition) is 8. The van der Waals surface area contributed by atoms with Crippen molar-refractivity contribution in [2.75, 3.05) is 47.5 Å². The molecular formula is C74H126NO8P. The van der Waals surface area contributed by atoms with Gasteiger partial charge in [-0.2, -0.15) is 0 Å². The molecule has 0 rings (SSSR count). The van der Waals surface area contributed by atoms with Gasteiger partial charge in [-0.1, -0.05) is 282 Å². The van der Waals surface area contributed by atoms with Crippen LogP contribution in [0, 0.1) is 0 Å². The van der Waals surface area contributed by atoms with Gasteiger partial charge in [-0.3, -0.25) is 14.2 Å². The summed E-state index contributed by atoms with van der Waals surface area (Å²) in [6.07, 6.45) is 92.3. The number of phosphoric acid groups is 1. The quantitative estimate of drug-likeness (QED) is 0.0195. The molecule has 84 heavy (non-hydrogen) atoms. The van der Waals surface area contributed by atoms with E-state index in [2.05, 4.69) is 148 Å². The van der Waals surface area contributed by atoms with E-state index in [1.807, 2.05) is 21.1 Å². The fourth-order valence-corrected chi connectivity index (χ4v) is 9.77. The molecule has 0 bridgehead atoms. The first-order valence-corrected chi connectivity index (χ1v) is 35.4. The SMILES string of the molecule is CC/C=C\C/C=C\C/C=C\C/C=C\C/C=C\C/C=C\CCCCCCCCCCC(=O)OC(COC(=O)CCCCCCCCCCCCCCCCCCC/C=C\C/C=C\C/C=C\C/C=C\C/C=C\CC)COP(=O)([O-])OCC[N+](C)(C)C. The first-order chi connectivity index (χ1) is 41.0. The van der Waals surface area contributed by atoms with Crippen LogP contribution in [0.4, 0.5) is 0 Å². The van der Waals surface area contributed by atoms with Crippen molar-refractivity contribution in [1.82, 2.24) is 0 Å². The second-order valence-electron chi connectivity index (χ2n) is 23.4. The second-order valence-corrected chi connectivity index (χ2v) is 24.8. The third-order valence-corrected chi connectivity index (χ3v) is 15.1. The second kappa shape index (κ2) is 63.6. The van der Waals surface area contributed by atoms with Crippen molar-refractivity contribution in [2.24, 2.45) is 0 Å². The minimum Gasteiger partial charge on any atom is -0.756 e. The molecule has 0 radical (unpaired) electrons. The van der Waals surface area contributed by atoms with Crippen molar-refractivity contribution in [1.29, 1.82) is 0 Å². The molecule has 0 spiro atoms. The van der Waals surface area contributed by atoms with Crippen molar-refractivity contribution in [3.63, 3.8) is 0 Å². The first kappa shape index (κ1) is 80.2. The molecule has 0 fully saturated rings. The maximum atomic E-state index is 12.9. The predicted octanol–water partition coefficient (Wildman–Crippen LogP) is 21.4. The molecule has 0 N–H and O–H groups in total. The summed E-state index contributed by atoms with van der Waals surface area (Å²) >= 11 is 0. The van der Waals surface area contributed by atoms with Gasteiger partial charge in [0.2, 0.25) is 0 Å². The van der Waals surface area contributed by atoms with E-state index in [1.54, 1.807) is 0 Å². The summed E-state index contributed by atoms with van der Waals surface area (Å²) < 4.78 is 34.3. The van der Waals surface area contributed by atoms with Gasteiger partial charge in [0.1, 0.15) is 19.8 Å². The van der Waals surface area contributed by atoms with E-state index in [9.17, 15) is 19.0 Å². The molecule has 0 saturated heterocycles. The normalized spacial score (nSPS) is 14.0. The summed E-state index contributed by atoms with van der Waals surface area (Å²) in [6, 6.07) is 0. The van der Waals surface area contributed by atoms with Crippen molar-refractivity contribution < 1.29 is 42.1 Å². The van der Waals surface area contributed by atoms with Gasteiger partial charge >= 0.3 is 11.9 Å².